The molecule has 29 heavy (non-hydrogen) atoms. The van der Waals surface area contributed by atoms with Gasteiger partial charge in [-0.2, -0.15) is 0 Å². The Morgan fingerprint density at radius 2 is 1.59 bits per heavy atom. The van der Waals surface area contributed by atoms with Gasteiger partial charge in [0.25, 0.3) is 0 Å². The third-order valence-corrected chi connectivity index (χ3v) is 3.20. The Kier molecular flexibility index (Phi) is 13.4. The van der Waals surface area contributed by atoms with E-state index in [1.165, 1.54) is 6.07 Å². The van der Waals surface area contributed by atoms with E-state index in [2.05, 4.69) is 23.7 Å². The van der Waals surface area contributed by atoms with Crippen LogP contribution in [-0.4, -0.2) is 67.2 Å². The molecular weight excluding hydrogens is 639 g/mol. The zero-order valence-corrected chi connectivity index (χ0v) is 22.6. The van der Waals surface area contributed by atoms with Crippen LogP contribution in [0.25, 0.3) is 11.0 Å². The largest absolute Gasteiger partial charge is 0.553 e. The quantitative estimate of drug-likeness (QED) is 0.179. The van der Waals surface area contributed by atoms with E-state index in [0.717, 1.165) is 5.39 Å². The zero-order chi connectivity index (χ0) is 20.8. The fourth-order valence-corrected chi connectivity index (χ4v) is 1.98. The van der Waals surface area contributed by atoms with E-state index in [4.69, 9.17) is 24.1 Å². The maximum Gasteiger partial charge on any atom is 0.336 e. The molecule has 0 aliphatic rings. The average Bonchev–Trinajstić information content (AvgIpc) is 2.67. The van der Waals surface area contributed by atoms with Crippen molar-refractivity contribution in [2.75, 3.05) is 39.6 Å². The first kappa shape index (κ1) is 26.0. The Morgan fingerprint density at radius 3 is 2.21 bits per heavy atom. The molecule has 0 bridgehead atoms. The first-order valence-corrected chi connectivity index (χ1v) is 8.45. The molecule has 160 valence electrons. The SMILES string of the molecule is [CH2-]OCC(O)COCCO.[CH2-]OCC(O)COc1ccc2ccc(=O)oc2c1.[Rf]. The number of rotatable bonds is 11. The van der Waals surface area contributed by atoms with E-state index >= 15 is 0 Å². The topological polar surface area (TPSA) is 128 Å². The Balaban J connectivity index is 0.000000616. The van der Waals surface area contributed by atoms with Crippen molar-refractivity contribution < 1.29 is 38.7 Å². The Bertz CT molecular complexity index is 722. The Labute approximate surface area is 163 Å². The van der Waals surface area contributed by atoms with Crippen molar-refractivity contribution >= 4 is 11.0 Å². The summed E-state index contributed by atoms with van der Waals surface area (Å²) in [5, 5.41) is 27.4. The minimum Gasteiger partial charge on any atom is -0.553 e. The van der Waals surface area contributed by atoms with Gasteiger partial charge in [-0.1, -0.05) is 0 Å². The van der Waals surface area contributed by atoms with Crippen molar-refractivity contribution in [2.24, 2.45) is 0 Å². The maximum absolute atomic E-state index is 11.1. The van der Waals surface area contributed by atoms with Gasteiger partial charge >= 0.3 is 5.63 Å². The van der Waals surface area contributed by atoms with Gasteiger partial charge in [-0.15, -0.1) is 0 Å². The van der Waals surface area contributed by atoms with Gasteiger partial charge in [-0.25, -0.2) is 19.0 Å². The Morgan fingerprint density at radius 1 is 0.966 bits per heavy atom. The van der Waals surface area contributed by atoms with Gasteiger partial charge in [0.2, 0.25) is 0 Å². The number of hydrogen-bond acceptors (Lipinski definition) is 9. The smallest absolute Gasteiger partial charge is 0.336 e. The molecule has 2 rings (SSSR count). The summed E-state index contributed by atoms with van der Waals surface area (Å²) in [6.07, 6.45) is -1.40. The van der Waals surface area contributed by atoms with Crippen molar-refractivity contribution in [3.8, 4) is 5.75 Å². The van der Waals surface area contributed by atoms with E-state index in [-0.39, 0.29) is 39.6 Å². The fraction of sp³-hybridized carbons (Fsp3) is 0.421. The molecule has 10 heteroatoms. The van der Waals surface area contributed by atoms with Crippen LogP contribution in [0, 0.1) is 14.2 Å². The summed E-state index contributed by atoms with van der Waals surface area (Å²) in [6, 6.07) is 8.15. The standard InChI is InChI=1S/C13H13O5.C6H13O4.Rf/c1-16-7-10(14)8-17-11-4-2-9-3-5-13(15)18-12(9)6-11;1-9-4-6(8)5-10-3-2-7;/h2-6,10,14H,1,7-8H2;6-8H,1-5H2;/q2*-1;. The van der Waals surface area contributed by atoms with Crippen LogP contribution < -0.4 is 10.4 Å². The van der Waals surface area contributed by atoms with Gasteiger partial charge in [-0.3, -0.25) is 0 Å². The van der Waals surface area contributed by atoms with Gasteiger partial charge in [0.1, 0.15) is 24.0 Å². The number of aliphatic hydroxyl groups excluding tert-OH is 3. The summed E-state index contributed by atoms with van der Waals surface area (Å²) < 4.78 is 24.1. The van der Waals surface area contributed by atoms with Crippen LogP contribution in [0.15, 0.2) is 39.5 Å². The predicted octanol–water partition coefficient (Wildman–Crippen LogP) is 0.505. The van der Waals surface area contributed by atoms with Crippen LogP contribution >= 0.6 is 0 Å². The maximum atomic E-state index is 11.1. The molecule has 0 radical (unpaired) electrons. The molecule has 2 aromatic rings. The molecule has 0 aliphatic heterocycles. The minimum absolute atomic E-state index is 0. The normalized spacial score (nSPS) is 12.4. The van der Waals surface area contributed by atoms with Crippen molar-refractivity contribution in [3.05, 3.63) is 55.0 Å². The monoisotopic (exact) mass is 665 g/mol. The van der Waals surface area contributed by atoms with Crippen molar-refractivity contribution in [1.82, 2.24) is 0 Å². The van der Waals surface area contributed by atoms with Crippen molar-refractivity contribution in [3.63, 3.8) is 0 Å². The summed E-state index contributed by atoms with van der Waals surface area (Å²) in [5.74, 6) is 0.514. The number of ether oxygens (including phenoxy) is 4. The first-order valence-electron chi connectivity index (χ1n) is 8.45. The summed E-state index contributed by atoms with van der Waals surface area (Å²) in [7, 11) is 6.25. The minimum atomic E-state index is -0.749. The molecule has 0 amide bonds. The third-order valence-electron chi connectivity index (χ3n) is 3.20. The zero-order valence-electron chi connectivity index (χ0n) is 16.2. The van der Waals surface area contributed by atoms with Crippen LogP contribution in [0.3, 0.4) is 0 Å². The fourth-order valence-electron chi connectivity index (χ4n) is 1.98. The Hall–Kier alpha value is -3.01. The van der Waals surface area contributed by atoms with Crippen LogP contribution in [0.5, 0.6) is 5.75 Å². The van der Waals surface area contributed by atoms with Crippen molar-refractivity contribution in [2.45, 2.75) is 12.2 Å². The molecule has 1 aromatic heterocycles. The van der Waals surface area contributed by atoms with Gasteiger partial charge in [0.15, 0.2) is 0 Å². The van der Waals surface area contributed by atoms with Crippen LogP contribution in [0.4, 0.5) is 0 Å². The first-order chi connectivity index (χ1) is 13.5. The van der Waals surface area contributed by atoms with Crippen LogP contribution in [-0.2, 0) is 14.2 Å². The molecule has 0 spiro atoms. The van der Waals surface area contributed by atoms with E-state index in [1.807, 2.05) is 0 Å². The van der Waals surface area contributed by atoms with E-state index < -0.39 is 17.8 Å². The van der Waals surface area contributed by atoms with Gasteiger partial charge < -0.3 is 38.7 Å². The second kappa shape index (κ2) is 15.0. The molecule has 3 N–H and O–H groups in total. The number of benzene rings is 1. The summed E-state index contributed by atoms with van der Waals surface area (Å²) in [6.45, 7) is 0.731. The molecule has 2 atom stereocenters. The molecule has 1 heterocycles. The summed E-state index contributed by atoms with van der Waals surface area (Å²) in [5.41, 5.74) is 0.0352. The second-order valence-electron chi connectivity index (χ2n) is 5.61. The van der Waals surface area contributed by atoms with E-state index in [1.54, 1.807) is 24.3 Å². The van der Waals surface area contributed by atoms with Crippen LogP contribution in [0.2, 0.25) is 0 Å². The van der Waals surface area contributed by atoms with E-state index in [9.17, 15) is 9.90 Å². The molecule has 0 fully saturated rings. The number of aliphatic hydroxyl groups is 3. The average molecular weight is 665 g/mol. The molecule has 0 saturated carbocycles. The molecule has 0 saturated heterocycles. The summed E-state index contributed by atoms with van der Waals surface area (Å²) >= 11 is 0. The molecule has 0 aliphatic carbocycles. The van der Waals surface area contributed by atoms with Gasteiger partial charge in [0.05, 0.1) is 25.9 Å². The molecule has 2 unspecified atom stereocenters. The molecule has 9 nitrogen and oxygen atoms in total. The number of fused-ring (bicyclic) bond motifs is 1. The van der Waals surface area contributed by atoms with Gasteiger partial charge in [0, 0.05) is 30.7 Å². The van der Waals surface area contributed by atoms with E-state index in [0.29, 0.717) is 11.3 Å². The third kappa shape index (κ3) is 10.8. The van der Waals surface area contributed by atoms with Crippen LogP contribution in [0.1, 0.15) is 0 Å². The second-order valence-corrected chi connectivity index (χ2v) is 5.61. The molecule has 1 aromatic carbocycles. The predicted molar refractivity (Wildman–Crippen MR) is 101 cm³/mol. The van der Waals surface area contributed by atoms with Gasteiger partial charge in [-0.05, 0) is 18.2 Å². The number of hydrogen-bond donors (Lipinski definition) is 3. The summed E-state index contributed by atoms with van der Waals surface area (Å²) in [4.78, 5) is 11.1. The molecular formula is C19H26O9Rf-2. The van der Waals surface area contributed by atoms with Crippen molar-refractivity contribution in [1.29, 1.82) is 0 Å².